The highest BCUT2D eigenvalue weighted by molar-refractivity contribution is 5.80. The Hall–Kier alpha value is -1.29. The average molecular weight is 209 g/mol. The third-order valence-corrected chi connectivity index (χ3v) is 3.08. The molecule has 15 heavy (non-hydrogen) atoms. The molecule has 0 aromatic carbocycles. The summed E-state index contributed by atoms with van der Waals surface area (Å²) in [4.78, 5) is 11.0. The number of carboxylic acid groups (broad SMARTS) is 1. The number of aliphatic carboxylic acids is 1. The first-order valence-corrected chi connectivity index (χ1v) is 5.12. The number of hydrogen-bond donors (Lipinski definition) is 2. The van der Waals surface area contributed by atoms with Gasteiger partial charge in [0.15, 0.2) is 5.60 Å². The molecule has 1 aromatic heterocycles. The number of rotatable bonds is 2. The zero-order valence-corrected chi connectivity index (χ0v) is 8.90. The van der Waals surface area contributed by atoms with E-state index in [0.717, 1.165) is 5.56 Å². The molecule has 0 fully saturated rings. The lowest BCUT2D eigenvalue weighted by Crippen LogP contribution is -2.32. The van der Waals surface area contributed by atoms with Crippen molar-refractivity contribution in [3.05, 3.63) is 23.5 Å². The summed E-state index contributed by atoms with van der Waals surface area (Å²) in [6, 6.07) is 0.286. The van der Waals surface area contributed by atoms with Crippen LogP contribution in [0.2, 0.25) is 0 Å². The SMILES string of the molecule is CC(C)n1cc2c(c1)C(O)(C(=O)O)CC2. The van der Waals surface area contributed by atoms with Gasteiger partial charge in [-0.25, -0.2) is 4.79 Å². The molecule has 1 aromatic rings. The Balaban J connectivity index is 2.46. The van der Waals surface area contributed by atoms with E-state index in [1.165, 1.54) is 0 Å². The van der Waals surface area contributed by atoms with Gasteiger partial charge in [-0.15, -0.1) is 0 Å². The Morgan fingerprint density at radius 1 is 1.53 bits per heavy atom. The van der Waals surface area contributed by atoms with Crippen LogP contribution in [0.4, 0.5) is 0 Å². The van der Waals surface area contributed by atoms with Gasteiger partial charge in [0.1, 0.15) is 0 Å². The first-order valence-electron chi connectivity index (χ1n) is 5.12. The van der Waals surface area contributed by atoms with E-state index < -0.39 is 11.6 Å². The summed E-state index contributed by atoms with van der Waals surface area (Å²) in [5.74, 6) is -1.15. The lowest BCUT2D eigenvalue weighted by Gasteiger charge is -2.17. The molecule has 1 heterocycles. The van der Waals surface area contributed by atoms with Crippen molar-refractivity contribution in [2.75, 3.05) is 0 Å². The Kier molecular flexibility index (Phi) is 2.12. The van der Waals surface area contributed by atoms with Gasteiger partial charge >= 0.3 is 5.97 Å². The third kappa shape index (κ3) is 1.36. The van der Waals surface area contributed by atoms with Crippen molar-refractivity contribution in [3.8, 4) is 0 Å². The van der Waals surface area contributed by atoms with Crippen molar-refractivity contribution in [2.45, 2.75) is 38.3 Å². The van der Waals surface area contributed by atoms with Crippen LogP contribution in [0, 0.1) is 0 Å². The van der Waals surface area contributed by atoms with Gasteiger partial charge in [0.25, 0.3) is 0 Å². The lowest BCUT2D eigenvalue weighted by atomic mass is 9.99. The molecule has 1 aliphatic carbocycles. The molecule has 0 saturated heterocycles. The maximum atomic E-state index is 11.0. The number of aromatic nitrogens is 1. The molecule has 1 aliphatic rings. The van der Waals surface area contributed by atoms with Crippen LogP contribution in [0.25, 0.3) is 0 Å². The highest BCUT2D eigenvalue weighted by atomic mass is 16.4. The summed E-state index contributed by atoms with van der Waals surface area (Å²) in [6.45, 7) is 4.05. The predicted octanol–water partition coefficient (Wildman–Crippen LogP) is 1.29. The van der Waals surface area contributed by atoms with Crippen LogP contribution in [0.3, 0.4) is 0 Å². The fourth-order valence-electron chi connectivity index (χ4n) is 2.06. The maximum Gasteiger partial charge on any atom is 0.340 e. The molecule has 0 amide bonds. The summed E-state index contributed by atoms with van der Waals surface area (Å²) in [5.41, 5.74) is -0.160. The second-order valence-electron chi connectivity index (χ2n) is 4.40. The lowest BCUT2D eigenvalue weighted by molar-refractivity contribution is -0.159. The smallest absolute Gasteiger partial charge is 0.340 e. The zero-order valence-electron chi connectivity index (χ0n) is 8.90. The minimum Gasteiger partial charge on any atom is -0.479 e. The van der Waals surface area contributed by atoms with Crippen LogP contribution >= 0.6 is 0 Å². The third-order valence-electron chi connectivity index (χ3n) is 3.08. The highest BCUT2D eigenvalue weighted by Gasteiger charge is 2.44. The van der Waals surface area contributed by atoms with E-state index in [2.05, 4.69) is 0 Å². The van der Waals surface area contributed by atoms with Gasteiger partial charge in [0.2, 0.25) is 0 Å². The average Bonchev–Trinajstić information content (AvgIpc) is 2.67. The standard InChI is InChI=1S/C11H15NO3/c1-7(2)12-5-8-3-4-11(15,10(13)14)9(8)6-12/h5-7,15H,3-4H2,1-2H3,(H,13,14). The molecule has 82 valence electrons. The summed E-state index contributed by atoms with van der Waals surface area (Å²) in [5, 5.41) is 19.0. The Labute approximate surface area is 88.1 Å². The van der Waals surface area contributed by atoms with E-state index in [4.69, 9.17) is 5.11 Å². The van der Waals surface area contributed by atoms with Gasteiger partial charge in [-0.1, -0.05) is 0 Å². The van der Waals surface area contributed by atoms with E-state index in [1.54, 1.807) is 6.20 Å². The van der Waals surface area contributed by atoms with Crippen LogP contribution in [0.15, 0.2) is 12.4 Å². The molecule has 1 atom stereocenters. The Bertz CT molecular complexity index is 408. The first-order chi connectivity index (χ1) is 6.95. The first kappa shape index (κ1) is 10.2. The topological polar surface area (TPSA) is 62.5 Å². The number of carboxylic acids is 1. The summed E-state index contributed by atoms with van der Waals surface area (Å²) >= 11 is 0. The van der Waals surface area contributed by atoms with Crippen molar-refractivity contribution in [1.82, 2.24) is 4.57 Å². The predicted molar refractivity (Wildman–Crippen MR) is 54.7 cm³/mol. The monoisotopic (exact) mass is 209 g/mol. The molecule has 0 spiro atoms. The van der Waals surface area contributed by atoms with Crippen molar-refractivity contribution in [2.24, 2.45) is 0 Å². The van der Waals surface area contributed by atoms with Gasteiger partial charge in [-0.2, -0.15) is 0 Å². The van der Waals surface area contributed by atoms with Crippen molar-refractivity contribution in [1.29, 1.82) is 0 Å². The fourth-order valence-corrected chi connectivity index (χ4v) is 2.06. The molecule has 4 heteroatoms. The number of nitrogens with zero attached hydrogens (tertiary/aromatic N) is 1. The normalized spacial score (nSPS) is 24.5. The molecule has 2 rings (SSSR count). The zero-order chi connectivity index (χ0) is 11.2. The van der Waals surface area contributed by atoms with Gasteiger partial charge < -0.3 is 14.8 Å². The van der Waals surface area contributed by atoms with Gasteiger partial charge in [-0.05, 0) is 32.3 Å². The number of hydrogen-bond acceptors (Lipinski definition) is 2. The maximum absolute atomic E-state index is 11.0. The second kappa shape index (κ2) is 3.10. The van der Waals surface area contributed by atoms with E-state index in [0.29, 0.717) is 12.0 Å². The highest BCUT2D eigenvalue weighted by Crippen LogP contribution is 2.38. The molecule has 0 saturated carbocycles. The molecular formula is C11H15NO3. The molecule has 2 N–H and O–H groups in total. The molecule has 0 aliphatic heterocycles. The summed E-state index contributed by atoms with van der Waals surface area (Å²) < 4.78 is 1.94. The van der Waals surface area contributed by atoms with Crippen LogP contribution in [0.5, 0.6) is 0 Å². The summed E-state index contributed by atoms with van der Waals surface area (Å²) in [6.07, 6.45) is 4.60. The van der Waals surface area contributed by atoms with Gasteiger partial charge in [0, 0.05) is 24.0 Å². The number of aliphatic hydroxyl groups is 1. The van der Waals surface area contributed by atoms with Gasteiger partial charge in [-0.3, -0.25) is 0 Å². The van der Waals surface area contributed by atoms with E-state index >= 15 is 0 Å². The Morgan fingerprint density at radius 3 is 2.73 bits per heavy atom. The molecule has 4 nitrogen and oxygen atoms in total. The quantitative estimate of drug-likeness (QED) is 0.771. The Morgan fingerprint density at radius 2 is 2.20 bits per heavy atom. The van der Waals surface area contributed by atoms with Crippen LogP contribution in [-0.4, -0.2) is 20.7 Å². The fraction of sp³-hybridized carbons (Fsp3) is 0.545. The molecule has 1 unspecified atom stereocenters. The minimum atomic E-state index is -1.67. The molecular weight excluding hydrogens is 194 g/mol. The van der Waals surface area contributed by atoms with Crippen molar-refractivity contribution < 1.29 is 15.0 Å². The minimum absolute atomic E-state index is 0.284. The largest absolute Gasteiger partial charge is 0.479 e. The van der Waals surface area contributed by atoms with Crippen LogP contribution < -0.4 is 0 Å². The van der Waals surface area contributed by atoms with Gasteiger partial charge in [0.05, 0.1) is 0 Å². The van der Waals surface area contributed by atoms with Crippen molar-refractivity contribution in [3.63, 3.8) is 0 Å². The molecule has 0 radical (unpaired) electrons. The van der Waals surface area contributed by atoms with E-state index in [9.17, 15) is 9.90 Å². The number of fused-ring (bicyclic) bond motifs is 1. The van der Waals surface area contributed by atoms with E-state index in [-0.39, 0.29) is 12.5 Å². The van der Waals surface area contributed by atoms with Crippen LogP contribution in [0.1, 0.15) is 37.4 Å². The van der Waals surface area contributed by atoms with Crippen LogP contribution in [-0.2, 0) is 16.8 Å². The van der Waals surface area contributed by atoms with E-state index in [1.807, 2.05) is 24.6 Å². The summed E-state index contributed by atoms with van der Waals surface area (Å²) in [7, 11) is 0. The number of aryl methyl sites for hydroxylation is 1. The molecule has 0 bridgehead atoms. The van der Waals surface area contributed by atoms with Crippen molar-refractivity contribution >= 4 is 5.97 Å². The number of carbonyl (C=O) groups is 1. The second-order valence-corrected chi connectivity index (χ2v) is 4.40.